The number of primary amides is 1. The molecule has 188 valence electrons. The van der Waals surface area contributed by atoms with Crippen molar-refractivity contribution in [3.8, 4) is 0 Å². The van der Waals surface area contributed by atoms with Gasteiger partial charge in [0.1, 0.15) is 24.4 Å². The van der Waals surface area contributed by atoms with Gasteiger partial charge in [-0.25, -0.2) is 9.97 Å². The quantitative estimate of drug-likeness (QED) is 0.438. The number of likely N-dealkylation sites (tertiary alicyclic amines) is 1. The third-order valence-electron chi connectivity index (χ3n) is 7.30. The zero-order chi connectivity index (χ0) is 25.1. The van der Waals surface area contributed by atoms with Crippen LogP contribution in [0.1, 0.15) is 28.9 Å². The summed E-state index contributed by atoms with van der Waals surface area (Å²) in [6, 6.07) is 7.90. The van der Waals surface area contributed by atoms with Gasteiger partial charge in [-0.05, 0) is 43.1 Å². The Bertz CT molecular complexity index is 1460. The standard InChI is InChI=1S/C24H25F3N8O/c25-24(26,27)13-35-10-17-21(32-35)29-14-30-22(17)34-6-4-23(12-34)3-5-33(11-23)9-15-1-2-18-16(7-15)8-19(31-18)20(28)36/h1-2,7-8,10,14,31H,3-6,9,11-13H2,(H2,28,36). The van der Waals surface area contributed by atoms with E-state index in [1.807, 2.05) is 6.07 Å². The van der Waals surface area contributed by atoms with Gasteiger partial charge in [-0.1, -0.05) is 6.07 Å². The summed E-state index contributed by atoms with van der Waals surface area (Å²) in [5, 5.41) is 5.50. The maximum atomic E-state index is 12.8. The van der Waals surface area contributed by atoms with Gasteiger partial charge in [0.2, 0.25) is 0 Å². The van der Waals surface area contributed by atoms with Gasteiger partial charge in [0, 0.05) is 48.7 Å². The van der Waals surface area contributed by atoms with Gasteiger partial charge in [0.05, 0.1) is 5.39 Å². The van der Waals surface area contributed by atoms with E-state index in [-0.39, 0.29) is 11.1 Å². The maximum absolute atomic E-state index is 12.8. The van der Waals surface area contributed by atoms with Gasteiger partial charge < -0.3 is 15.6 Å². The molecule has 0 bridgehead atoms. The number of benzene rings is 1. The van der Waals surface area contributed by atoms with E-state index in [4.69, 9.17) is 5.73 Å². The number of carbonyl (C=O) groups excluding carboxylic acids is 1. The largest absolute Gasteiger partial charge is 0.408 e. The molecular weight excluding hydrogens is 473 g/mol. The fourth-order valence-corrected chi connectivity index (χ4v) is 5.67. The number of halogens is 3. The van der Waals surface area contributed by atoms with Gasteiger partial charge in [-0.15, -0.1) is 0 Å². The number of nitrogens with two attached hydrogens (primary N) is 1. The van der Waals surface area contributed by atoms with E-state index in [0.29, 0.717) is 16.9 Å². The molecule has 2 aliphatic heterocycles. The monoisotopic (exact) mass is 498 g/mol. The second-order valence-corrected chi connectivity index (χ2v) is 9.98. The van der Waals surface area contributed by atoms with Crippen molar-refractivity contribution in [1.82, 2.24) is 29.6 Å². The lowest BCUT2D eigenvalue weighted by Gasteiger charge is -2.25. The summed E-state index contributed by atoms with van der Waals surface area (Å²) in [7, 11) is 0. The van der Waals surface area contributed by atoms with Crippen molar-refractivity contribution in [1.29, 1.82) is 0 Å². The summed E-state index contributed by atoms with van der Waals surface area (Å²) in [6.45, 7) is 3.13. The van der Waals surface area contributed by atoms with Crippen LogP contribution in [0.15, 0.2) is 36.8 Å². The van der Waals surface area contributed by atoms with Crippen molar-refractivity contribution in [3.63, 3.8) is 0 Å². The minimum Gasteiger partial charge on any atom is -0.364 e. The van der Waals surface area contributed by atoms with Crippen LogP contribution in [0.3, 0.4) is 0 Å². The van der Waals surface area contributed by atoms with E-state index in [9.17, 15) is 18.0 Å². The third kappa shape index (κ3) is 4.25. The fraction of sp³-hybridized carbons (Fsp3) is 0.417. The minimum atomic E-state index is -4.35. The Morgan fingerprint density at radius 3 is 2.78 bits per heavy atom. The van der Waals surface area contributed by atoms with Crippen LogP contribution >= 0.6 is 0 Å². The van der Waals surface area contributed by atoms with Crippen LogP contribution in [0.25, 0.3) is 21.9 Å². The maximum Gasteiger partial charge on any atom is 0.408 e. The van der Waals surface area contributed by atoms with Crippen LogP contribution in [0.5, 0.6) is 0 Å². The number of fused-ring (bicyclic) bond motifs is 2. The summed E-state index contributed by atoms with van der Waals surface area (Å²) < 4.78 is 39.4. The molecule has 0 radical (unpaired) electrons. The molecule has 4 aromatic rings. The van der Waals surface area contributed by atoms with Gasteiger partial charge in [-0.3, -0.25) is 14.4 Å². The summed E-state index contributed by atoms with van der Waals surface area (Å²) in [5.41, 5.74) is 8.21. The molecule has 0 aliphatic carbocycles. The van der Waals surface area contributed by atoms with Crippen molar-refractivity contribution in [2.75, 3.05) is 31.1 Å². The van der Waals surface area contributed by atoms with Gasteiger partial charge in [0.15, 0.2) is 5.65 Å². The minimum absolute atomic E-state index is 0.108. The highest BCUT2D eigenvalue weighted by Gasteiger charge is 2.44. The zero-order valence-electron chi connectivity index (χ0n) is 19.4. The first-order chi connectivity index (χ1) is 17.2. The predicted molar refractivity (Wildman–Crippen MR) is 127 cm³/mol. The van der Waals surface area contributed by atoms with E-state index in [2.05, 4.69) is 42.0 Å². The average Bonchev–Trinajstić information content (AvgIpc) is 3.58. The predicted octanol–water partition coefficient (Wildman–Crippen LogP) is 3.07. The van der Waals surface area contributed by atoms with Gasteiger partial charge >= 0.3 is 6.18 Å². The average molecular weight is 499 g/mol. The number of H-pyrrole nitrogens is 1. The molecule has 1 amide bonds. The number of nitrogens with one attached hydrogen (secondary N) is 1. The van der Waals surface area contributed by atoms with E-state index in [1.54, 1.807) is 6.07 Å². The second-order valence-electron chi connectivity index (χ2n) is 9.98. The molecule has 6 rings (SSSR count). The van der Waals surface area contributed by atoms with Crippen molar-refractivity contribution in [3.05, 3.63) is 48.0 Å². The highest BCUT2D eigenvalue weighted by molar-refractivity contribution is 5.97. The molecule has 3 aromatic heterocycles. The molecule has 2 aliphatic rings. The van der Waals surface area contributed by atoms with E-state index >= 15 is 0 Å². The Labute approximate surface area is 204 Å². The zero-order valence-corrected chi connectivity index (χ0v) is 19.4. The molecule has 1 spiro atoms. The first-order valence-corrected chi connectivity index (χ1v) is 11.8. The van der Waals surface area contributed by atoms with Gasteiger partial charge in [-0.2, -0.15) is 18.3 Å². The van der Waals surface area contributed by atoms with E-state index < -0.39 is 18.6 Å². The Hall–Kier alpha value is -3.67. The lowest BCUT2D eigenvalue weighted by atomic mass is 9.86. The summed E-state index contributed by atoms with van der Waals surface area (Å²) in [6.07, 6.45) is 0.449. The molecule has 0 saturated carbocycles. The molecule has 3 N–H and O–H groups in total. The molecule has 1 unspecified atom stereocenters. The SMILES string of the molecule is NC(=O)c1cc2cc(CN3CCC4(CCN(c5ncnc6nn(CC(F)(F)F)cc56)C4)C3)ccc2[nH]1. The number of rotatable bonds is 5. The third-order valence-corrected chi connectivity index (χ3v) is 7.30. The van der Waals surface area contributed by atoms with Gasteiger partial charge in [0.25, 0.3) is 5.91 Å². The Morgan fingerprint density at radius 1 is 1.14 bits per heavy atom. The van der Waals surface area contributed by atoms with Crippen LogP contribution in [0, 0.1) is 5.41 Å². The number of nitrogens with zero attached hydrogens (tertiary/aromatic N) is 6. The highest BCUT2D eigenvalue weighted by atomic mass is 19.4. The fourth-order valence-electron chi connectivity index (χ4n) is 5.67. The van der Waals surface area contributed by atoms with Crippen molar-refractivity contribution in [2.45, 2.75) is 32.1 Å². The molecule has 1 atom stereocenters. The molecule has 2 fully saturated rings. The van der Waals surface area contributed by atoms with Crippen LogP contribution in [0.4, 0.5) is 19.0 Å². The number of aromatic nitrogens is 5. The molecule has 1 aromatic carbocycles. The lowest BCUT2D eigenvalue weighted by Crippen LogP contribution is -2.31. The first kappa shape index (κ1) is 22.8. The molecule has 36 heavy (non-hydrogen) atoms. The Morgan fingerprint density at radius 2 is 1.97 bits per heavy atom. The van der Waals surface area contributed by atoms with Crippen LogP contribution in [-0.2, 0) is 13.1 Å². The topological polar surface area (TPSA) is 109 Å². The second kappa shape index (κ2) is 8.19. The lowest BCUT2D eigenvalue weighted by molar-refractivity contribution is -0.142. The number of alkyl halides is 3. The Balaban J connectivity index is 1.16. The normalized spacial score (nSPS) is 20.9. The number of hydrogen-bond acceptors (Lipinski definition) is 6. The van der Waals surface area contributed by atoms with Crippen LogP contribution in [0.2, 0.25) is 0 Å². The summed E-state index contributed by atoms with van der Waals surface area (Å²) in [4.78, 5) is 27.6. The number of carbonyl (C=O) groups is 1. The number of amides is 1. The smallest absolute Gasteiger partial charge is 0.364 e. The highest BCUT2D eigenvalue weighted by Crippen LogP contribution is 2.42. The molecule has 12 heteroatoms. The summed E-state index contributed by atoms with van der Waals surface area (Å²) in [5.74, 6) is 0.167. The molecule has 5 heterocycles. The number of anilines is 1. The molecule has 9 nitrogen and oxygen atoms in total. The van der Waals surface area contributed by atoms with Crippen molar-refractivity contribution >= 4 is 33.7 Å². The molecular formula is C24H25F3N8O. The first-order valence-electron chi connectivity index (χ1n) is 11.8. The van der Waals surface area contributed by atoms with E-state index in [0.717, 1.165) is 61.2 Å². The van der Waals surface area contributed by atoms with Crippen molar-refractivity contribution in [2.24, 2.45) is 11.1 Å². The van der Waals surface area contributed by atoms with E-state index in [1.165, 1.54) is 18.1 Å². The Kier molecular flexibility index (Phi) is 5.18. The summed E-state index contributed by atoms with van der Waals surface area (Å²) >= 11 is 0. The number of hydrogen-bond donors (Lipinski definition) is 2. The van der Waals surface area contributed by atoms with Crippen molar-refractivity contribution < 1.29 is 18.0 Å². The van der Waals surface area contributed by atoms with Crippen LogP contribution < -0.4 is 10.6 Å². The molecule has 2 saturated heterocycles. The van der Waals surface area contributed by atoms with Crippen LogP contribution in [-0.4, -0.2) is 67.9 Å². The number of aromatic amines is 1.